The zero-order valence-electron chi connectivity index (χ0n) is 7.37. The van der Waals surface area contributed by atoms with E-state index in [2.05, 4.69) is 9.97 Å². The molecule has 0 fully saturated rings. The van der Waals surface area contributed by atoms with Crippen LogP contribution in [0.3, 0.4) is 0 Å². The summed E-state index contributed by atoms with van der Waals surface area (Å²) in [6.07, 6.45) is 0. The number of hydrogen-bond acceptors (Lipinski definition) is 4. The number of anilines is 1. The van der Waals surface area contributed by atoms with Gasteiger partial charge in [0.25, 0.3) is 0 Å². The molecule has 1 aromatic heterocycles. The molecule has 0 aliphatic rings. The molecule has 0 radical (unpaired) electrons. The summed E-state index contributed by atoms with van der Waals surface area (Å²) in [4.78, 5) is 9.92. The van der Waals surface area contributed by atoms with Gasteiger partial charge in [-0.25, -0.2) is 9.97 Å². The van der Waals surface area contributed by atoms with E-state index < -0.39 is 0 Å². The monoisotopic (exact) mass is 162 g/mol. The van der Waals surface area contributed by atoms with Crippen molar-refractivity contribution in [3.05, 3.63) is 17.6 Å². The first kappa shape index (κ1) is 8.47. The van der Waals surface area contributed by atoms with Crippen LogP contribution in [0, 0.1) is 18.3 Å². The maximum absolute atomic E-state index is 8.61. The molecule has 1 heterocycles. The Morgan fingerprint density at radius 1 is 1.42 bits per heavy atom. The van der Waals surface area contributed by atoms with Gasteiger partial charge < -0.3 is 4.90 Å². The van der Waals surface area contributed by atoms with Crippen LogP contribution in [0.25, 0.3) is 0 Å². The SMILES string of the molecule is Cc1nc(C#N)cc(N(C)C)n1. The van der Waals surface area contributed by atoms with Crippen molar-refractivity contribution in [3.8, 4) is 6.07 Å². The number of hydrogen-bond donors (Lipinski definition) is 0. The molecule has 0 aromatic carbocycles. The maximum atomic E-state index is 8.61. The van der Waals surface area contributed by atoms with Crippen molar-refractivity contribution in [1.82, 2.24) is 9.97 Å². The quantitative estimate of drug-likeness (QED) is 0.610. The Labute approximate surface area is 71.5 Å². The Hall–Kier alpha value is -1.63. The summed E-state index contributed by atoms with van der Waals surface area (Å²) >= 11 is 0. The fourth-order valence-corrected chi connectivity index (χ4v) is 0.838. The smallest absolute Gasteiger partial charge is 0.146 e. The second kappa shape index (κ2) is 3.18. The lowest BCUT2D eigenvalue weighted by Gasteiger charge is -2.10. The van der Waals surface area contributed by atoms with E-state index in [0.717, 1.165) is 5.82 Å². The molecule has 0 unspecified atom stereocenters. The molecule has 0 aliphatic heterocycles. The van der Waals surface area contributed by atoms with Crippen LogP contribution in [0.5, 0.6) is 0 Å². The minimum atomic E-state index is 0.409. The molecular weight excluding hydrogens is 152 g/mol. The molecule has 0 bridgehead atoms. The number of nitrogens with zero attached hydrogens (tertiary/aromatic N) is 4. The zero-order chi connectivity index (χ0) is 9.14. The molecular formula is C8H10N4. The van der Waals surface area contributed by atoms with Gasteiger partial charge in [0.05, 0.1) is 0 Å². The largest absolute Gasteiger partial charge is 0.363 e. The van der Waals surface area contributed by atoms with Crippen LogP contribution in [0.1, 0.15) is 11.5 Å². The van der Waals surface area contributed by atoms with Crippen LogP contribution < -0.4 is 4.90 Å². The van der Waals surface area contributed by atoms with Crippen LogP contribution in [0.4, 0.5) is 5.82 Å². The lowest BCUT2D eigenvalue weighted by molar-refractivity contribution is 0.978. The van der Waals surface area contributed by atoms with E-state index in [9.17, 15) is 0 Å². The first-order valence-corrected chi connectivity index (χ1v) is 3.56. The van der Waals surface area contributed by atoms with Crippen molar-refractivity contribution in [2.75, 3.05) is 19.0 Å². The molecule has 0 aliphatic carbocycles. The van der Waals surface area contributed by atoms with Gasteiger partial charge in [-0.2, -0.15) is 5.26 Å². The van der Waals surface area contributed by atoms with E-state index in [1.807, 2.05) is 25.1 Å². The van der Waals surface area contributed by atoms with E-state index in [-0.39, 0.29) is 0 Å². The van der Waals surface area contributed by atoms with Crippen LogP contribution in [-0.4, -0.2) is 24.1 Å². The van der Waals surface area contributed by atoms with E-state index in [4.69, 9.17) is 5.26 Å². The highest BCUT2D eigenvalue weighted by molar-refractivity contribution is 5.41. The molecule has 0 amide bonds. The Balaban J connectivity index is 3.17. The zero-order valence-corrected chi connectivity index (χ0v) is 7.37. The Morgan fingerprint density at radius 2 is 2.08 bits per heavy atom. The lowest BCUT2D eigenvalue weighted by Crippen LogP contribution is -2.12. The van der Waals surface area contributed by atoms with Crippen molar-refractivity contribution >= 4 is 5.82 Å². The fourth-order valence-electron chi connectivity index (χ4n) is 0.838. The second-order valence-electron chi connectivity index (χ2n) is 2.66. The average Bonchev–Trinajstić information content (AvgIpc) is 2.03. The summed E-state index contributed by atoms with van der Waals surface area (Å²) in [6.45, 7) is 1.77. The third-order valence-electron chi connectivity index (χ3n) is 1.40. The van der Waals surface area contributed by atoms with Gasteiger partial charge in [-0.05, 0) is 6.92 Å². The van der Waals surface area contributed by atoms with Crippen molar-refractivity contribution in [1.29, 1.82) is 5.26 Å². The normalized spacial score (nSPS) is 9.17. The standard InChI is InChI=1S/C8H10N4/c1-6-10-7(5-9)4-8(11-6)12(2)3/h4H,1-3H3. The summed E-state index contributed by atoms with van der Waals surface area (Å²) in [7, 11) is 3.76. The summed E-state index contributed by atoms with van der Waals surface area (Å²) in [5.41, 5.74) is 0.409. The minimum absolute atomic E-state index is 0.409. The van der Waals surface area contributed by atoms with E-state index >= 15 is 0 Å². The van der Waals surface area contributed by atoms with Crippen LogP contribution in [-0.2, 0) is 0 Å². The predicted molar refractivity (Wildman–Crippen MR) is 45.8 cm³/mol. The highest BCUT2D eigenvalue weighted by Gasteiger charge is 2.01. The molecule has 0 N–H and O–H groups in total. The molecule has 0 saturated heterocycles. The summed E-state index contributed by atoms with van der Waals surface area (Å²) < 4.78 is 0. The first-order chi connectivity index (χ1) is 5.63. The van der Waals surface area contributed by atoms with Gasteiger partial charge in [-0.3, -0.25) is 0 Å². The third kappa shape index (κ3) is 1.70. The van der Waals surface area contributed by atoms with E-state index in [1.54, 1.807) is 13.0 Å². The maximum Gasteiger partial charge on any atom is 0.146 e. The lowest BCUT2D eigenvalue weighted by atomic mass is 10.4. The van der Waals surface area contributed by atoms with E-state index in [1.165, 1.54) is 0 Å². The average molecular weight is 162 g/mol. The minimum Gasteiger partial charge on any atom is -0.363 e. The van der Waals surface area contributed by atoms with Gasteiger partial charge in [-0.1, -0.05) is 0 Å². The molecule has 1 rings (SSSR count). The highest BCUT2D eigenvalue weighted by atomic mass is 15.1. The van der Waals surface area contributed by atoms with Gasteiger partial charge in [0, 0.05) is 20.2 Å². The molecule has 1 aromatic rings. The van der Waals surface area contributed by atoms with Crippen LogP contribution in [0.15, 0.2) is 6.07 Å². The van der Waals surface area contributed by atoms with Crippen molar-refractivity contribution < 1.29 is 0 Å². The van der Waals surface area contributed by atoms with Crippen molar-refractivity contribution in [2.24, 2.45) is 0 Å². The summed E-state index contributed by atoms with van der Waals surface area (Å²) in [6, 6.07) is 3.64. The number of rotatable bonds is 1. The third-order valence-corrected chi connectivity index (χ3v) is 1.40. The molecule has 0 atom stereocenters. The topological polar surface area (TPSA) is 52.8 Å². The summed E-state index contributed by atoms with van der Waals surface area (Å²) in [5, 5.41) is 8.61. The van der Waals surface area contributed by atoms with Crippen molar-refractivity contribution in [3.63, 3.8) is 0 Å². The highest BCUT2D eigenvalue weighted by Crippen LogP contribution is 2.07. The van der Waals surface area contributed by atoms with E-state index in [0.29, 0.717) is 11.5 Å². The predicted octanol–water partition coefficient (Wildman–Crippen LogP) is 0.723. The summed E-state index contributed by atoms with van der Waals surface area (Å²) in [5.74, 6) is 1.39. The van der Waals surface area contributed by atoms with Gasteiger partial charge in [0.2, 0.25) is 0 Å². The van der Waals surface area contributed by atoms with Gasteiger partial charge in [-0.15, -0.1) is 0 Å². The van der Waals surface area contributed by atoms with Crippen LogP contribution in [0.2, 0.25) is 0 Å². The molecule has 4 heteroatoms. The molecule has 0 saturated carbocycles. The molecule has 12 heavy (non-hydrogen) atoms. The Kier molecular flexibility index (Phi) is 2.24. The molecule has 0 spiro atoms. The Morgan fingerprint density at radius 3 is 2.58 bits per heavy atom. The van der Waals surface area contributed by atoms with Gasteiger partial charge >= 0.3 is 0 Å². The van der Waals surface area contributed by atoms with Gasteiger partial charge in [0.15, 0.2) is 0 Å². The first-order valence-electron chi connectivity index (χ1n) is 3.56. The molecule has 4 nitrogen and oxygen atoms in total. The fraction of sp³-hybridized carbons (Fsp3) is 0.375. The number of aromatic nitrogens is 2. The molecule has 62 valence electrons. The van der Waals surface area contributed by atoms with Crippen molar-refractivity contribution in [2.45, 2.75) is 6.92 Å². The second-order valence-corrected chi connectivity index (χ2v) is 2.66. The van der Waals surface area contributed by atoms with Gasteiger partial charge in [0.1, 0.15) is 23.4 Å². The number of aryl methyl sites for hydroxylation is 1. The Bertz CT molecular complexity index is 324. The van der Waals surface area contributed by atoms with Crippen LogP contribution >= 0.6 is 0 Å². The number of nitriles is 1.